The van der Waals surface area contributed by atoms with Crippen molar-refractivity contribution in [1.29, 1.82) is 0 Å². The van der Waals surface area contributed by atoms with Crippen molar-refractivity contribution in [3.8, 4) is 0 Å². The van der Waals surface area contributed by atoms with E-state index in [1.54, 1.807) is 21.0 Å². The van der Waals surface area contributed by atoms with Gasteiger partial charge in [0.15, 0.2) is 0 Å². The molecule has 1 aromatic rings. The third kappa shape index (κ3) is 4.57. The van der Waals surface area contributed by atoms with Gasteiger partial charge < -0.3 is 31.3 Å². The number of β-lactam (4-membered cyclic amide) rings is 1. The first-order valence-corrected chi connectivity index (χ1v) is 12.1. The van der Waals surface area contributed by atoms with Crippen molar-refractivity contribution in [3.63, 3.8) is 0 Å². The van der Waals surface area contributed by atoms with Crippen molar-refractivity contribution in [2.24, 2.45) is 11.8 Å². The number of hydrogen-bond donors (Lipinski definition) is 4. The number of fused-ring (bicyclic) bond motifs is 1. The number of carboxylic acid groups (broad SMARTS) is 1. The first-order chi connectivity index (χ1) is 16.5. The molecule has 4 heterocycles. The Morgan fingerprint density at radius 1 is 1.37 bits per heavy atom. The highest BCUT2D eigenvalue weighted by atomic mass is 32.2. The number of rotatable bonds is 8. The molecule has 0 radical (unpaired) electrons. The molecule has 1 aromatic heterocycles. The van der Waals surface area contributed by atoms with Crippen molar-refractivity contribution in [2.45, 2.75) is 50.2 Å². The van der Waals surface area contributed by atoms with Crippen LogP contribution in [0.15, 0.2) is 10.6 Å². The average molecular weight is 508 g/mol. The first kappa shape index (κ1) is 24.9. The number of hydrogen-bond acceptors (Lipinski definition) is 10. The number of aliphatic carboxylic acids is 1. The van der Waals surface area contributed by atoms with Crippen LogP contribution in [0.5, 0.6) is 0 Å². The Morgan fingerprint density at radius 2 is 2.09 bits per heavy atom. The number of nitrogen functional groups attached to an aromatic ring is 1. The van der Waals surface area contributed by atoms with Gasteiger partial charge in [0, 0.05) is 42.8 Å². The predicted octanol–water partition coefficient (Wildman–Crippen LogP) is -1.92. The number of carboxylic acids is 1. The molecular formula is C20H29N9O5S. The zero-order valence-corrected chi connectivity index (χ0v) is 20.7. The Balaban J connectivity index is 1.43. The van der Waals surface area contributed by atoms with Crippen LogP contribution in [-0.2, 0) is 25.7 Å². The Morgan fingerprint density at radius 3 is 2.69 bits per heavy atom. The number of anilines is 1. The van der Waals surface area contributed by atoms with E-state index >= 15 is 0 Å². The molecule has 0 aromatic carbocycles. The van der Waals surface area contributed by atoms with Gasteiger partial charge in [-0.1, -0.05) is 12.0 Å². The van der Waals surface area contributed by atoms with E-state index in [9.17, 15) is 24.3 Å². The lowest BCUT2D eigenvalue weighted by Gasteiger charge is -2.47. The van der Waals surface area contributed by atoms with E-state index in [-0.39, 0.29) is 53.3 Å². The van der Waals surface area contributed by atoms with Crippen LogP contribution in [0.4, 0.5) is 5.95 Å². The summed E-state index contributed by atoms with van der Waals surface area (Å²) in [7, 11) is 3.40. The number of nitrogens with two attached hydrogens (primary N) is 1. The van der Waals surface area contributed by atoms with Crippen molar-refractivity contribution in [1.82, 2.24) is 40.6 Å². The molecule has 0 aliphatic carbocycles. The molecule has 190 valence electrons. The highest BCUT2D eigenvalue weighted by Gasteiger charge is 2.60. The smallest absolute Gasteiger partial charge is 0.353 e. The molecule has 2 saturated heterocycles. The molecule has 2 fully saturated rings. The number of amides is 3. The van der Waals surface area contributed by atoms with Crippen LogP contribution in [-0.4, -0.2) is 103 Å². The van der Waals surface area contributed by atoms with Gasteiger partial charge in [0.05, 0.1) is 18.0 Å². The monoisotopic (exact) mass is 507 g/mol. The summed E-state index contributed by atoms with van der Waals surface area (Å²) in [5.74, 6) is -2.78. The van der Waals surface area contributed by atoms with Gasteiger partial charge in [-0.05, 0) is 18.6 Å². The number of tetrazole rings is 1. The first-order valence-electron chi connectivity index (χ1n) is 11.2. The predicted molar refractivity (Wildman–Crippen MR) is 124 cm³/mol. The zero-order valence-electron chi connectivity index (χ0n) is 19.8. The molecule has 35 heavy (non-hydrogen) atoms. The van der Waals surface area contributed by atoms with E-state index in [0.29, 0.717) is 17.9 Å². The van der Waals surface area contributed by atoms with Crippen molar-refractivity contribution < 1.29 is 24.3 Å². The number of thioether (sulfide) groups is 1. The van der Waals surface area contributed by atoms with E-state index in [1.807, 2.05) is 6.92 Å². The van der Waals surface area contributed by atoms with E-state index in [1.165, 1.54) is 21.6 Å². The minimum absolute atomic E-state index is 0.00250. The van der Waals surface area contributed by atoms with Gasteiger partial charge in [-0.3, -0.25) is 14.4 Å². The molecule has 0 spiro atoms. The zero-order chi connectivity index (χ0) is 25.6. The standard InChI is InChI=1S/C20H29N9O5S/c1-8-14-13(9(2)23-12(30)7-28-25-20(21)24-26-28)18(32)29(14)15(19(33)34)16(8)35-10-5-11(22-6-10)17(31)27(3)4/h8-11,13-14,22H,5-7H2,1-4H3,(H2,21,25)(H,23,30)(H,33,34)/t8?,9-,10+,11+,13?,14?/m1/s1. The lowest BCUT2D eigenvalue weighted by molar-refractivity contribution is -0.158. The Labute approximate surface area is 205 Å². The van der Waals surface area contributed by atoms with E-state index < -0.39 is 23.8 Å². The van der Waals surface area contributed by atoms with Crippen LogP contribution < -0.4 is 16.4 Å². The molecule has 3 aliphatic rings. The topological polar surface area (TPSA) is 189 Å². The maximum absolute atomic E-state index is 13.0. The summed E-state index contributed by atoms with van der Waals surface area (Å²) in [5, 5.41) is 26.8. The van der Waals surface area contributed by atoms with Crippen molar-refractivity contribution in [2.75, 3.05) is 26.4 Å². The number of likely N-dealkylation sites (N-methyl/N-ethyl adjacent to an activating group) is 1. The maximum atomic E-state index is 13.0. The highest BCUT2D eigenvalue weighted by Crippen LogP contribution is 2.51. The van der Waals surface area contributed by atoms with Gasteiger partial charge in [-0.15, -0.1) is 16.9 Å². The van der Waals surface area contributed by atoms with Crippen LogP contribution in [0, 0.1) is 11.8 Å². The minimum atomic E-state index is -1.16. The maximum Gasteiger partial charge on any atom is 0.353 e. The SMILES string of the molecule is CC1C(S[C@@H]2CN[C@H](C(=O)N(C)C)C2)=C(C(=O)O)N2C(=O)C([C@@H](C)NC(=O)Cn3nnc(N)n3)C12. The van der Waals surface area contributed by atoms with Crippen LogP contribution in [0.3, 0.4) is 0 Å². The molecule has 0 bridgehead atoms. The molecule has 14 nitrogen and oxygen atoms in total. The summed E-state index contributed by atoms with van der Waals surface area (Å²) in [5.41, 5.74) is 5.40. The second kappa shape index (κ2) is 9.45. The van der Waals surface area contributed by atoms with E-state index in [2.05, 4.69) is 26.0 Å². The van der Waals surface area contributed by atoms with Crippen LogP contribution in [0.25, 0.3) is 0 Å². The Bertz CT molecular complexity index is 1090. The number of carbonyl (C=O) groups excluding carboxylic acids is 3. The quantitative estimate of drug-likeness (QED) is 0.287. The second-order valence-corrected chi connectivity index (χ2v) is 10.6. The molecule has 6 atom stereocenters. The molecule has 4 rings (SSSR count). The lowest BCUT2D eigenvalue weighted by atomic mass is 9.78. The summed E-state index contributed by atoms with van der Waals surface area (Å²) < 4.78 is 0. The third-order valence-corrected chi connectivity index (χ3v) is 8.11. The summed E-state index contributed by atoms with van der Waals surface area (Å²) in [4.78, 5) is 54.4. The molecule has 3 amide bonds. The summed E-state index contributed by atoms with van der Waals surface area (Å²) in [6, 6.07) is -1.22. The number of aromatic nitrogens is 4. The second-order valence-electron chi connectivity index (χ2n) is 9.23. The molecule has 15 heteroatoms. The van der Waals surface area contributed by atoms with E-state index in [0.717, 1.165) is 4.80 Å². The van der Waals surface area contributed by atoms with Gasteiger partial charge in [-0.2, -0.15) is 4.80 Å². The molecule has 3 aliphatic heterocycles. The normalized spacial score (nSPS) is 28.5. The molecule has 3 unspecified atom stereocenters. The lowest BCUT2D eigenvalue weighted by Crippen LogP contribution is -2.66. The summed E-state index contributed by atoms with van der Waals surface area (Å²) in [6.45, 7) is 3.97. The average Bonchev–Trinajstić information content (AvgIpc) is 3.46. The fourth-order valence-electron chi connectivity index (χ4n) is 5.01. The van der Waals surface area contributed by atoms with E-state index in [4.69, 9.17) is 5.73 Å². The summed E-state index contributed by atoms with van der Waals surface area (Å²) in [6.07, 6.45) is 0.570. The Hall–Kier alpha value is -3.20. The van der Waals surface area contributed by atoms with Gasteiger partial charge in [0.1, 0.15) is 12.2 Å². The van der Waals surface area contributed by atoms with Crippen LogP contribution in [0.1, 0.15) is 20.3 Å². The third-order valence-electron chi connectivity index (χ3n) is 6.60. The number of nitrogens with zero attached hydrogens (tertiary/aromatic N) is 6. The minimum Gasteiger partial charge on any atom is -0.477 e. The highest BCUT2D eigenvalue weighted by molar-refractivity contribution is 8.03. The van der Waals surface area contributed by atoms with Gasteiger partial charge in [0.2, 0.25) is 17.7 Å². The van der Waals surface area contributed by atoms with Gasteiger partial charge >= 0.3 is 5.97 Å². The number of carbonyl (C=O) groups is 4. The van der Waals surface area contributed by atoms with Crippen molar-refractivity contribution in [3.05, 3.63) is 10.6 Å². The fourth-order valence-corrected chi connectivity index (χ4v) is 6.49. The van der Waals surface area contributed by atoms with Crippen LogP contribution in [0.2, 0.25) is 0 Å². The fraction of sp³-hybridized carbons (Fsp3) is 0.650. The van der Waals surface area contributed by atoms with Gasteiger partial charge in [0.25, 0.3) is 5.95 Å². The van der Waals surface area contributed by atoms with Crippen molar-refractivity contribution >= 4 is 41.4 Å². The molecule has 0 saturated carbocycles. The van der Waals surface area contributed by atoms with Crippen LogP contribution >= 0.6 is 11.8 Å². The van der Waals surface area contributed by atoms with Gasteiger partial charge in [-0.25, -0.2) is 4.79 Å². The number of nitrogens with one attached hydrogen (secondary N) is 2. The largest absolute Gasteiger partial charge is 0.477 e. The Kier molecular flexibility index (Phi) is 6.73. The molecular weight excluding hydrogens is 478 g/mol. The summed E-state index contributed by atoms with van der Waals surface area (Å²) >= 11 is 1.42. The molecule has 5 N–H and O–H groups in total.